The van der Waals surface area contributed by atoms with Crippen LogP contribution >= 0.6 is 34.8 Å². The van der Waals surface area contributed by atoms with Crippen LogP contribution in [0.2, 0.25) is 0 Å². The number of rotatable bonds is 9. The summed E-state index contributed by atoms with van der Waals surface area (Å²) in [6.07, 6.45) is 10.1. The van der Waals surface area contributed by atoms with Gasteiger partial charge < -0.3 is 4.74 Å². The van der Waals surface area contributed by atoms with Crippen molar-refractivity contribution >= 4 is 39.9 Å². The second-order valence-electron chi connectivity index (χ2n) is 4.80. The third kappa shape index (κ3) is 8.58. The van der Waals surface area contributed by atoms with E-state index in [1.807, 2.05) is 24.3 Å². The maximum Gasteiger partial charge on any atom is 0.167 e. The molecule has 0 fully saturated rings. The van der Waals surface area contributed by atoms with Crippen molar-refractivity contribution in [3.63, 3.8) is 0 Å². The van der Waals surface area contributed by atoms with E-state index < -0.39 is 0 Å². The van der Waals surface area contributed by atoms with Crippen molar-refractivity contribution in [1.82, 2.24) is 0 Å². The van der Waals surface area contributed by atoms with Crippen molar-refractivity contribution < 1.29 is 4.74 Å². The largest absolute Gasteiger partial charge is 0.450 e. The van der Waals surface area contributed by atoms with E-state index in [0.29, 0.717) is 0 Å². The van der Waals surface area contributed by atoms with Gasteiger partial charge in [0, 0.05) is 9.99 Å². The van der Waals surface area contributed by atoms with Crippen LogP contribution in [0.4, 0.5) is 0 Å². The molecule has 0 aromatic heterocycles. The molecule has 0 aliphatic rings. The predicted octanol–water partition coefficient (Wildman–Crippen LogP) is 6.14. The standard InChI is InChI=1S/C16H23IOS/c1-2-3-4-5-6-7-8-9-16(19)18-15-12-10-14(17)11-13-15/h10-13H,2-9H2,1H3. The Morgan fingerprint density at radius 1 is 1.00 bits per heavy atom. The van der Waals surface area contributed by atoms with Gasteiger partial charge in [-0.2, -0.15) is 0 Å². The molecule has 0 heterocycles. The van der Waals surface area contributed by atoms with Crippen LogP contribution in [0.3, 0.4) is 0 Å². The molecule has 0 amide bonds. The Morgan fingerprint density at radius 3 is 2.21 bits per heavy atom. The van der Waals surface area contributed by atoms with Gasteiger partial charge >= 0.3 is 0 Å². The highest BCUT2D eigenvalue weighted by atomic mass is 127. The SMILES string of the molecule is CCCCCCCCCC(=S)Oc1ccc(I)cc1. The number of unbranched alkanes of at least 4 members (excludes halogenated alkanes) is 6. The first-order valence-corrected chi connectivity index (χ1v) is 8.67. The van der Waals surface area contributed by atoms with Gasteiger partial charge in [0.05, 0.1) is 0 Å². The number of ether oxygens (including phenoxy) is 1. The van der Waals surface area contributed by atoms with E-state index in [4.69, 9.17) is 17.0 Å². The molecular formula is C16H23IOS. The summed E-state index contributed by atoms with van der Waals surface area (Å²) in [5.41, 5.74) is 0. The first kappa shape index (κ1) is 16.9. The minimum atomic E-state index is 0.717. The molecule has 0 aliphatic heterocycles. The molecule has 1 aromatic carbocycles. The van der Waals surface area contributed by atoms with E-state index in [-0.39, 0.29) is 0 Å². The van der Waals surface area contributed by atoms with Gasteiger partial charge in [0.1, 0.15) is 5.75 Å². The number of hydrogen-bond acceptors (Lipinski definition) is 2. The monoisotopic (exact) mass is 390 g/mol. The number of thiocarbonyl (C=S) groups is 1. The Kier molecular flexibility index (Phi) is 9.43. The molecule has 3 heteroatoms. The summed E-state index contributed by atoms with van der Waals surface area (Å²) in [5, 5.41) is 0.717. The predicted molar refractivity (Wildman–Crippen MR) is 95.0 cm³/mol. The lowest BCUT2D eigenvalue weighted by atomic mass is 10.1. The molecule has 0 unspecified atom stereocenters. The maximum absolute atomic E-state index is 5.64. The Balaban J connectivity index is 2.06. The van der Waals surface area contributed by atoms with Gasteiger partial charge in [-0.15, -0.1) is 0 Å². The molecule has 0 N–H and O–H groups in total. The van der Waals surface area contributed by atoms with Crippen LogP contribution < -0.4 is 4.74 Å². The normalized spacial score (nSPS) is 10.4. The van der Waals surface area contributed by atoms with E-state index in [0.717, 1.165) is 23.6 Å². The van der Waals surface area contributed by atoms with E-state index in [1.54, 1.807) is 0 Å². The van der Waals surface area contributed by atoms with Gasteiger partial charge in [-0.25, -0.2) is 0 Å². The fraction of sp³-hybridized carbons (Fsp3) is 0.562. The fourth-order valence-electron chi connectivity index (χ4n) is 1.91. The van der Waals surface area contributed by atoms with Crippen molar-refractivity contribution in [3.05, 3.63) is 27.8 Å². The zero-order chi connectivity index (χ0) is 13.9. The average Bonchev–Trinajstić information content (AvgIpc) is 2.40. The minimum absolute atomic E-state index is 0.717. The molecule has 1 rings (SSSR count). The van der Waals surface area contributed by atoms with Crippen LogP contribution in [0.5, 0.6) is 5.75 Å². The van der Waals surface area contributed by atoms with Crippen LogP contribution in [0.25, 0.3) is 0 Å². The van der Waals surface area contributed by atoms with Gasteiger partial charge in [0.15, 0.2) is 5.05 Å². The van der Waals surface area contributed by atoms with Gasteiger partial charge in [-0.05, 0) is 65.5 Å². The second-order valence-corrected chi connectivity index (χ2v) is 6.50. The van der Waals surface area contributed by atoms with Gasteiger partial charge in [-0.1, -0.05) is 45.4 Å². The summed E-state index contributed by atoms with van der Waals surface area (Å²) in [4.78, 5) is 0. The molecule has 19 heavy (non-hydrogen) atoms. The Bertz CT molecular complexity index is 362. The van der Waals surface area contributed by atoms with E-state index in [1.165, 1.54) is 42.1 Å². The third-order valence-corrected chi connectivity index (χ3v) is 4.04. The molecule has 0 radical (unpaired) electrons. The zero-order valence-electron chi connectivity index (χ0n) is 11.7. The topological polar surface area (TPSA) is 9.23 Å². The lowest BCUT2D eigenvalue weighted by Gasteiger charge is -2.07. The maximum atomic E-state index is 5.64. The first-order chi connectivity index (χ1) is 9.22. The van der Waals surface area contributed by atoms with E-state index >= 15 is 0 Å². The first-order valence-electron chi connectivity index (χ1n) is 7.18. The summed E-state index contributed by atoms with van der Waals surface area (Å²) < 4.78 is 6.85. The zero-order valence-corrected chi connectivity index (χ0v) is 14.6. The molecule has 0 atom stereocenters. The molecule has 106 valence electrons. The molecule has 1 aromatic rings. The molecule has 0 saturated carbocycles. The van der Waals surface area contributed by atoms with Crippen LogP contribution in [0.1, 0.15) is 58.3 Å². The molecule has 0 saturated heterocycles. The summed E-state index contributed by atoms with van der Waals surface area (Å²) >= 11 is 7.55. The summed E-state index contributed by atoms with van der Waals surface area (Å²) in [6.45, 7) is 2.25. The molecule has 1 nitrogen and oxygen atoms in total. The van der Waals surface area contributed by atoms with Crippen molar-refractivity contribution in [2.24, 2.45) is 0 Å². The lowest BCUT2D eigenvalue weighted by Crippen LogP contribution is -2.04. The Labute approximate surface area is 136 Å². The summed E-state index contributed by atoms with van der Waals surface area (Å²) in [7, 11) is 0. The van der Waals surface area contributed by atoms with Crippen molar-refractivity contribution in [3.8, 4) is 5.75 Å². The quantitative estimate of drug-likeness (QED) is 0.285. The number of halogens is 1. The minimum Gasteiger partial charge on any atom is -0.450 e. The van der Waals surface area contributed by atoms with Crippen LogP contribution in [-0.4, -0.2) is 5.05 Å². The van der Waals surface area contributed by atoms with Crippen LogP contribution in [0, 0.1) is 3.57 Å². The fourth-order valence-corrected chi connectivity index (χ4v) is 2.51. The summed E-state index contributed by atoms with van der Waals surface area (Å²) in [6, 6.07) is 8.01. The molecular weight excluding hydrogens is 367 g/mol. The molecule has 0 aliphatic carbocycles. The van der Waals surface area contributed by atoms with Crippen LogP contribution in [-0.2, 0) is 0 Å². The molecule has 0 bridgehead atoms. The van der Waals surface area contributed by atoms with Crippen molar-refractivity contribution in [2.75, 3.05) is 0 Å². The third-order valence-electron chi connectivity index (χ3n) is 3.03. The van der Waals surface area contributed by atoms with Gasteiger partial charge in [-0.3, -0.25) is 0 Å². The van der Waals surface area contributed by atoms with Gasteiger partial charge in [0.25, 0.3) is 0 Å². The van der Waals surface area contributed by atoms with Crippen LogP contribution in [0.15, 0.2) is 24.3 Å². The highest BCUT2D eigenvalue weighted by Crippen LogP contribution is 2.15. The summed E-state index contributed by atoms with van der Waals surface area (Å²) in [5.74, 6) is 0.855. The highest BCUT2D eigenvalue weighted by Gasteiger charge is 2.00. The van der Waals surface area contributed by atoms with E-state index in [9.17, 15) is 0 Å². The van der Waals surface area contributed by atoms with Crippen molar-refractivity contribution in [1.29, 1.82) is 0 Å². The second kappa shape index (κ2) is 10.6. The average molecular weight is 390 g/mol. The lowest BCUT2D eigenvalue weighted by molar-refractivity contribution is 0.531. The Morgan fingerprint density at radius 2 is 1.58 bits per heavy atom. The van der Waals surface area contributed by atoms with Crippen molar-refractivity contribution in [2.45, 2.75) is 58.3 Å². The smallest absolute Gasteiger partial charge is 0.167 e. The number of benzene rings is 1. The van der Waals surface area contributed by atoms with Gasteiger partial charge in [0.2, 0.25) is 0 Å². The number of hydrogen-bond donors (Lipinski definition) is 0. The molecule has 0 spiro atoms. The van der Waals surface area contributed by atoms with E-state index in [2.05, 4.69) is 29.5 Å². The Hall–Kier alpha value is -0.160. The highest BCUT2D eigenvalue weighted by molar-refractivity contribution is 14.1.